The van der Waals surface area contributed by atoms with Crippen LogP contribution in [0.3, 0.4) is 0 Å². The summed E-state index contributed by atoms with van der Waals surface area (Å²) in [6.45, 7) is 2.62. The molecule has 0 aliphatic carbocycles. The third-order valence-electron chi connectivity index (χ3n) is 3.00. The maximum Gasteiger partial charge on any atom is 0.339 e. The van der Waals surface area contributed by atoms with Crippen LogP contribution in [0.15, 0.2) is 24.3 Å². The van der Waals surface area contributed by atoms with Crippen molar-refractivity contribution in [2.24, 2.45) is 0 Å². The smallest absolute Gasteiger partial charge is 0.339 e. The minimum absolute atomic E-state index is 0.357. The molecule has 102 valence electrons. The van der Waals surface area contributed by atoms with Gasteiger partial charge in [-0.3, -0.25) is 0 Å². The third-order valence-corrected chi connectivity index (χ3v) is 3.00. The van der Waals surface area contributed by atoms with Gasteiger partial charge in [0.2, 0.25) is 0 Å². The van der Waals surface area contributed by atoms with E-state index in [2.05, 4.69) is 6.92 Å². The van der Waals surface area contributed by atoms with Crippen LogP contribution >= 0.6 is 0 Å². The van der Waals surface area contributed by atoms with Crippen LogP contribution in [0.4, 0.5) is 0 Å². The number of ether oxygens (including phenoxy) is 1. The van der Waals surface area contributed by atoms with Crippen LogP contribution in [-0.4, -0.2) is 12.6 Å². The fraction of sp³-hybridized carbons (Fsp3) is 0.500. The predicted molar refractivity (Wildman–Crippen MR) is 74.8 cm³/mol. The number of nitriles is 1. The lowest BCUT2D eigenvalue weighted by Crippen LogP contribution is -2.08. The molecular weight excluding hydrogens is 238 g/mol. The molecule has 0 bridgehead atoms. The van der Waals surface area contributed by atoms with Gasteiger partial charge in [-0.25, -0.2) is 4.79 Å². The Kier molecular flexibility index (Phi) is 7.34. The van der Waals surface area contributed by atoms with Gasteiger partial charge in [-0.2, -0.15) is 5.26 Å². The molecule has 3 nitrogen and oxygen atoms in total. The van der Waals surface area contributed by atoms with Crippen molar-refractivity contribution in [3.8, 4) is 6.07 Å². The van der Waals surface area contributed by atoms with Gasteiger partial charge in [0.05, 0.1) is 17.7 Å². The number of hydrogen-bond acceptors (Lipinski definition) is 3. The van der Waals surface area contributed by atoms with Gasteiger partial charge in [0, 0.05) is 0 Å². The molecular formula is C16H21NO2. The zero-order chi connectivity index (χ0) is 13.9. The van der Waals surface area contributed by atoms with Gasteiger partial charge in [0.25, 0.3) is 0 Å². The van der Waals surface area contributed by atoms with E-state index < -0.39 is 5.97 Å². The van der Waals surface area contributed by atoms with E-state index in [1.54, 1.807) is 24.3 Å². The number of nitrogens with zero attached hydrogens (tertiary/aromatic N) is 1. The molecule has 0 saturated carbocycles. The second-order valence-corrected chi connectivity index (χ2v) is 4.56. The molecule has 0 aliphatic rings. The highest BCUT2D eigenvalue weighted by Crippen LogP contribution is 2.10. The molecule has 19 heavy (non-hydrogen) atoms. The average molecular weight is 259 g/mol. The first-order chi connectivity index (χ1) is 9.29. The van der Waals surface area contributed by atoms with E-state index in [0.29, 0.717) is 17.7 Å². The first-order valence-corrected chi connectivity index (χ1v) is 6.95. The summed E-state index contributed by atoms with van der Waals surface area (Å²) in [5.41, 5.74) is 0.728. The number of esters is 1. The highest BCUT2D eigenvalue weighted by Gasteiger charge is 2.11. The van der Waals surface area contributed by atoms with Crippen molar-refractivity contribution in [1.82, 2.24) is 0 Å². The summed E-state index contributed by atoms with van der Waals surface area (Å²) >= 11 is 0. The van der Waals surface area contributed by atoms with Crippen molar-refractivity contribution >= 4 is 5.97 Å². The van der Waals surface area contributed by atoms with E-state index >= 15 is 0 Å². The molecule has 0 saturated heterocycles. The fourth-order valence-electron chi connectivity index (χ4n) is 1.88. The molecule has 0 radical (unpaired) electrons. The van der Waals surface area contributed by atoms with Gasteiger partial charge in [-0.05, 0) is 18.6 Å². The monoisotopic (exact) mass is 259 g/mol. The van der Waals surface area contributed by atoms with Crippen LogP contribution in [0.5, 0.6) is 0 Å². The van der Waals surface area contributed by atoms with Crippen molar-refractivity contribution in [2.75, 3.05) is 6.61 Å². The number of hydrogen-bond donors (Lipinski definition) is 0. The largest absolute Gasteiger partial charge is 0.462 e. The van der Waals surface area contributed by atoms with E-state index in [4.69, 9.17) is 10.00 Å². The summed E-state index contributed by atoms with van der Waals surface area (Å²) in [5.74, 6) is -0.397. The molecule has 0 fully saturated rings. The van der Waals surface area contributed by atoms with Crippen molar-refractivity contribution in [3.63, 3.8) is 0 Å². The average Bonchev–Trinajstić information content (AvgIpc) is 2.46. The molecule has 1 rings (SSSR count). The third kappa shape index (κ3) is 5.56. The highest BCUT2D eigenvalue weighted by molar-refractivity contribution is 5.92. The quantitative estimate of drug-likeness (QED) is 0.522. The Hall–Kier alpha value is -1.82. The van der Waals surface area contributed by atoms with Crippen molar-refractivity contribution in [1.29, 1.82) is 5.26 Å². The fourth-order valence-corrected chi connectivity index (χ4v) is 1.88. The Morgan fingerprint density at radius 3 is 2.58 bits per heavy atom. The lowest BCUT2D eigenvalue weighted by atomic mass is 10.1. The maximum atomic E-state index is 11.8. The van der Waals surface area contributed by atoms with Crippen molar-refractivity contribution in [2.45, 2.75) is 45.4 Å². The molecule has 0 aromatic heterocycles. The van der Waals surface area contributed by atoms with Gasteiger partial charge in [0.15, 0.2) is 0 Å². The summed E-state index contributed by atoms with van der Waals surface area (Å²) in [6.07, 6.45) is 6.94. The zero-order valence-electron chi connectivity index (χ0n) is 11.5. The van der Waals surface area contributed by atoms with Gasteiger partial charge < -0.3 is 4.74 Å². The lowest BCUT2D eigenvalue weighted by Gasteiger charge is -2.05. The van der Waals surface area contributed by atoms with E-state index in [1.807, 2.05) is 6.07 Å². The summed E-state index contributed by atoms with van der Waals surface area (Å²) in [5, 5.41) is 8.90. The second kappa shape index (κ2) is 9.16. The summed E-state index contributed by atoms with van der Waals surface area (Å²) in [6, 6.07) is 8.73. The van der Waals surface area contributed by atoms with Gasteiger partial charge in [-0.15, -0.1) is 0 Å². The SMILES string of the molecule is CCCCCCCCOC(=O)c1ccccc1C#N. The number of carbonyl (C=O) groups excluding carboxylic acids is 1. The van der Waals surface area contributed by atoms with Gasteiger partial charge in [-0.1, -0.05) is 51.2 Å². The van der Waals surface area contributed by atoms with Gasteiger partial charge >= 0.3 is 5.97 Å². The van der Waals surface area contributed by atoms with Crippen molar-refractivity contribution < 1.29 is 9.53 Å². The first-order valence-electron chi connectivity index (χ1n) is 6.95. The first kappa shape index (κ1) is 15.2. The Morgan fingerprint density at radius 1 is 1.16 bits per heavy atom. The number of carbonyl (C=O) groups is 1. The van der Waals surface area contributed by atoms with Crippen LogP contribution in [0.1, 0.15) is 61.4 Å². The van der Waals surface area contributed by atoms with Crippen LogP contribution in [-0.2, 0) is 4.74 Å². The van der Waals surface area contributed by atoms with Crippen LogP contribution in [0.25, 0.3) is 0 Å². The number of benzene rings is 1. The van der Waals surface area contributed by atoms with Crippen LogP contribution in [0.2, 0.25) is 0 Å². The molecule has 0 unspecified atom stereocenters. The Balaban J connectivity index is 2.26. The molecule has 1 aromatic carbocycles. The Morgan fingerprint density at radius 2 is 1.84 bits per heavy atom. The van der Waals surface area contributed by atoms with E-state index in [9.17, 15) is 4.79 Å². The normalized spacial score (nSPS) is 9.89. The lowest BCUT2D eigenvalue weighted by molar-refractivity contribution is 0.0497. The topological polar surface area (TPSA) is 50.1 Å². The standard InChI is InChI=1S/C16H21NO2/c1-2-3-4-5-6-9-12-19-16(18)15-11-8-7-10-14(15)13-17/h7-8,10-11H,2-6,9,12H2,1H3. The maximum absolute atomic E-state index is 11.8. The van der Waals surface area contributed by atoms with Crippen LogP contribution < -0.4 is 0 Å². The summed E-state index contributed by atoms with van der Waals surface area (Å²) in [7, 11) is 0. The van der Waals surface area contributed by atoms with E-state index in [0.717, 1.165) is 12.8 Å². The van der Waals surface area contributed by atoms with E-state index in [-0.39, 0.29) is 0 Å². The van der Waals surface area contributed by atoms with Crippen LogP contribution in [0, 0.1) is 11.3 Å². The highest BCUT2D eigenvalue weighted by atomic mass is 16.5. The predicted octanol–water partition coefficient (Wildman–Crippen LogP) is 4.08. The summed E-state index contributed by atoms with van der Waals surface area (Å²) < 4.78 is 5.19. The zero-order valence-corrected chi connectivity index (χ0v) is 11.5. The van der Waals surface area contributed by atoms with E-state index in [1.165, 1.54) is 25.7 Å². The molecule has 0 N–H and O–H groups in total. The Bertz CT molecular complexity index is 435. The molecule has 0 atom stereocenters. The molecule has 0 aliphatic heterocycles. The van der Waals surface area contributed by atoms with Gasteiger partial charge in [0.1, 0.15) is 6.07 Å². The van der Waals surface area contributed by atoms with Crippen molar-refractivity contribution in [3.05, 3.63) is 35.4 Å². The molecule has 0 amide bonds. The minimum atomic E-state index is -0.397. The molecule has 0 spiro atoms. The molecule has 3 heteroatoms. The minimum Gasteiger partial charge on any atom is -0.462 e. The Labute approximate surface area is 115 Å². The molecule has 0 heterocycles. The summed E-state index contributed by atoms with van der Waals surface area (Å²) in [4.78, 5) is 11.8. The second-order valence-electron chi connectivity index (χ2n) is 4.56. The number of unbranched alkanes of at least 4 members (excludes halogenated alkanes) is 5. The number of rotatable bonds is 8. The molecule has 1 aromatic rings.